The minimum atomic E-state index is -0.562. The Morgan fingerprint density at radius 1 is 1.31 bits per heavy atom. The van der Waals surface area contributed by atoms with Crippen molar-refractivity contribution >= 4 is 5.91 Å². The smallest absolute Gasteiger partial charge is 0.275 e. The van der Waals surface area contributed by atoms with Crippen LogP contribution in [0.4, 0.5) is 4.39 Å². The van der Waals surface area contributed by atoms with Gasteiger partial charge < -0.3 is 10.2 Å². The number of aromatic nitrogens is 2. The molecule has 0 aliphatic rings. The van der Waals surface area contributed by atoms with E-state index in [0.29, 0.717) is 18.2 Å². The average molecular weight is 360 g/mol. The third kappa shape index (κ3) is 4.35. The molecular formula is C19H25FN4O2. The minimum absolute atomic E-state index is 0.123. The van der Waals surface area contributed by atoms with E-state index in [9.17, 15) is 14.0 Å². The summed E-state index contributed by atoms with van der Waals surface area (Å²) in [6.45, 7) is 6.15. The Morgan fingerprint density at radius 3 is 2.54 bits per heavy atom. The van der Waals surface area contributed by atoms with Gasteiger partial charge in [0.05, 0.1) is 0 Å². The van der Waals surface area contributed by atoms with Crippen molar-refractivity contribution in [2.75, 3.05) is 20.6 Å². The average Bonchev–Trinajstić information content (AvgIpc) is 2.55. The summed E-state index contributed by atoms with van der Waals surface area (Å²) in [7, 11) is 3.87. The lowest BCUT2D eigenvalue weighted by molar-refractivity contribution is 0.0926. The van der Waals surface area contributed by atoms with Gasteiger partial charge in [0.15, 0.2) is 5.69 Å². The number of para-hydroxylation sites is 1. The lowest BCUT2D eigenvalue weighted by atomic mass is 10.0. The fraction of sp³-hybridized carbons (Fsp3) is 0.421. The van der Waals surface area contributed by atoms with Gasteiger partial charge in [-0.25, -0.2) is 9.07 Å². The van der Waals surface area contributed by atoms with Crippen LogP contribution >= 0.6 is 0 Å². The van der Waals surface area contributed by atoms with Gasteiger partial charge in [-0.15, -0.1) is 0 Å². The lowest BCUT2D eigenvalue weighted by Gasteiger charge is -2.28. The van der Waals surface area contributed by atoms with Crippen LogP contribution in [0.1, 0.15) is 30.0 Å². The summed E-state index contributed by atoms with van der Waals surface area (Å²) in [6, 6.07) is 7.50. The summed E-state index contributed by atoms with van der Waals surface area (Å²) >= 11 is 0. The number of nitrogens with one attached hydrogen (secondary N) is 1. The molecule has 6 nitrogen and oxygen atoms in total. The highest BCUT2D eigenvalue weighted by Gasteiger charge is 2.20. The molecule has 140 valence electrons. The molecule has 0 fully saturated rings. The van der Waals surface area contributed by atoms with Gasteiger partial charge in [-0.2, -0.15) is 5.10 Å². The monoisotopic (exact) mass is 360 g/mol. The third-order valence-corrected chi connectivity index (χ3v) is 4.31. The van der Waals surface area contributed by atoms with Crippen molar-refractivity contribution in [2.24, 2.45) is 5.92 Å². The van der Waals surface area contributed by atoms with Gasteiger partial charge in [-0.3, -0.25) is 9.59 Å². The predicted octanol–water partition coefficient (Wildman–Crippen LogP) is 2.00. The molecule has 0 aliphatic heterocycles. The fourth-order valence-electron chi connectivity index (χ4n) is 2.87. The number of hydrogen-bond donors (Lipinski definition) is 1. The van der Waals surface area contributed by atoms with Gasteiger partial charge in [0.2, 0.25) is 5.43 Å². The van der Waals surface area contributed by atoms with Crippen molar-refractivity contribution in [1.82, 2.24) is 20.0 Å². The highest BCUT2D eigenvalue weighted by molar-refractivity contribution is 5.92. The Labute approximate surface area is 152 Å². The van der Waals surface area contributed by atoms with Crippen LogP contribution in [0, 0.1) is 18.7 Å². The van der Waals surface area contributed by atoms with Crippen LogP contribution in [0.2, 0.25) is 0 Å². The highest BCUT2D eigenvalue weighted by atomic mass is 19.1. The number of benzene rings is 1. The Morgan fingerprint density at radius 2 is 1.96 bits per heavy atom. The first-order valence-corrected chi connectivity index (χ1v) is 8.53. The maximum Gasteiger partial charge on any atom is 0.275 e. The molecule has 7 heteroatoms. The molecule has 0 aliphatic carbocycles. The second-order valence-electron chi connectivity index (χ2n) is 6.85. The van der Waals surface area contributed by atoms with Crippen molar-refractivity contribution in [3.8, 4) is 5.69 Å². The number of amides is 1. The Balaban J connectivity index is 2.32. The molecule has 1 N–H and O–H groups in total. The Bertz CT molecular complexity index is 838. The highest BCUT2D eigenvalue weighted by Crippen LogP contribution is 2.13. The van der Waals surface area contributed by atoms with E-state index in [1.807, 2.05) is 19.0 Å². The number of hydrogen-bond acceptors (Lipinski definition) is 4. The zero-order valence-electron chi connectivity index (χ0n) is 15.8. The van der Waals surface area contributed by atoms with Crippen LogP contribution in [0.5, 0.6) is 0 Å². The third-order valence-electron chi connectivity index (χ3n) is 4.31. The van der Waals surface area contributed by atoms with Crippen molar-refractivity contribution in [2.45, 2.75) is 26.8 Å². The quantitative estimate of drug-likeness (QED) is 0.856. The Kier molecular flexibility index (Phi) is 6.26. The molecule has 0 bridgehead atoms. The molecule has 0 saturated heterocycles. The van der Waals surface area contributed by atoms with Crippen LogP contribution in [-0.2, 0) is 0 Å². The summed E-state index contributed by atoms with van der Waals surface area (Å²) in [5.41, 5.74) is -0.101. The van der Waals surface area contributed by atoms with E-state index in [1.165, 1.54) is 16.8 Å². The lowest BCUT2D eigenvalue weighted by Crippen LogP contribution is -2.44. The predicted molar refractivity (Wildman–Crippen MR) is 99.2 cm³/mol. The molecule has 2 aromatic rings. The molecule has 0 spiro atoms. The van der Waals surface area contributed by atoms with Crippen LogP contribution in [-0.4, -0.2) is 47.3 Å². The second-order valence-corrected chi connectivity index (χ2v) is 6.85. The summed E-state index contributed by atoms with van der Waals surface area (Å²) in [6.07, 6.45) is 0. The maximum absolute atomic E-state index is 14.1. The van der Waals surface area contributed by atoms with Crippen molar-refractivity contribution in [3.05, 3.63) is 57.8 Å². The van der Waals surface area contributed by atoms with Crippen molar-refractivity contribution < 1.29 is 9.18 Å². The van der Waals surface area contributed by atoms with E-state index in [-0.39, 0.29) is 17.4 Å². The Hall–Kier alpha value is -2.54. The zero-order valence-corrected chi connectivity index (χ0v) is 15.8. The van der Waals surface area contributed by atoms with Crippen LogP contribution in [0.3, 0.4) is 0 Å². The molecule has 1 heterocycles. The molecule has 1 aromatic heterocycles. The van der Waals surface area contributed by atoms with Gasteiger partial charge in [-0.05, 0) is 39.1 Å². The van der Waals surface area contributed by atoms with E-state index in [4.69, 9.17) is 0 Å². The SMILES string of the molecule is Cc1cc(=O)c(C(=O)NC[C@H](C(C)C)N(C)C)nn1-c1ccccc1F. The molecule has 1 atom stereocenters. The molecule has 0 saturated carbocycles. The topological polar surface area (TPSA) is 67.2 Å². The number of rotatable bonds is 6. The van der Waals surface area contributed by atoms with E-state index in [1.54, 1.807) is 25.1 Å². The summed E-state index contributed by atoms with van der Waals surface area (Å²) < 4.78 is 15.4. The minimum Gasteiger partial charge on any atom is -0.349 e. The number of nitrogens with zero attached hydrogens (tertiary/aromatic N) is 3. The second kappa shape index (κ2) is 8.23. The van der Waals surface area contributed by atoms with Crippen molar-refractivity contribution in [3.63, 3.8) is 0 Å². The van der Waals surface area contributed by atoms with E-state index < -0.39 is 17.2 Å². The van der Waals surface area contributed by atoms with E-state index >= 15 is 0 Å². The normalized spacial score (nSPS) is 12.5. The largest absolute Gasteiger partial charge is 0.349 e. The fourth-order valence-corrected chi connectivity index (χ4v) is 2.87. The van der Waals surface area contributed by atoms with Gasteiger partial charge in [-0.1, -0.05) is 26.0 Å². The molecule has 0 radical (unpaired) electrons. The first kappa shape index (κ1) is 19.8. The number of carbonyl (C=O) groups excluding carboxylic acids is 1. The molecule has 1 amide bonds. The van der Waals surface area contributed by atoms with Gasteiger partial charge in [0.25, 0.3) is 5.91 Å². The van der Waals surface area contributed by atoms with E-state index in [2.05, 4.69) is 24.3 Å². The first-order chi connectivity index (χ1) is 12.2. The summed E-state index contributed by atoms with van der Waals surface area (Å²) in [4.78, 5) is 26.7. The number of aryl methyl sites for hydroxylation is 1. The number of carbonyl (C=O) groups is 1. The van der Waals surface area contributed by atoms with E-state index in [0.717, 1.165) is 0 Å². The standard InChI is InChI=1S/C19H25FN4O2/c1-12(2)16(23(4)5)11-21-19(26)18-17(25)10-13(3)24(22-18)15-9-7-6-8-14(15)20/h6-10,12,16H,11H2,1-5H3,(H,21,26)/t16-/m1/s1. The van der Waals surface area contributed by atoms with Gasteiger partial charge >= 0.3 is 0 Å². The zero-order chi connectivity index (χ0) is 19.4. The van der Waals surface area contributed by atoms with Gasteiger partial charge in [0.1, 0.15) is 11.5 Å². The van der Waals surface area contributed by atoms with Crippen LogP contribution in [0.25, 0.3) is 5.69 Å². The van der Waals surface area contributed by atoms with Gasteiger partial charge in [0, 0.05) is 24.3 Å². The molecular weight excluding hydrogens is 335 g/mol. The number of halogens is 1. The van der Waals surface area contributed by atoms with Crippen LogP contribution < -0.4 is 10.7 Å². The number of likely N-dealkylation sites (N-methyl/N-ethyl adjacent to an activating group) is 1. The molecule has 1 aromatic carbocycles. The summed E-state index contributed by atoms with van der Waals surface area (Å²) in [5, 5.41) is 6.87. The molecule has 26 heavy (non-hydrogen) atoms. The van der Waals surface area contributed by atoms with Crippen molar-refractivity contribution in [1.29, 1.82) is 0 Å². The molecule has 0 unspecified atom stereocenters. The molecule has 2 rings (SSSR count). The van der Waals surface area contributed by atoms with Crippen LogP contribution in [0.15, 0.2) is 35.1 Å². The first-order valence-electron chi connectivity index (χ1n) is 8.53. The summed E-state index contributed by atoms with van der Waals surface area (Å²) in [5.74, 6) is -0.718. The maximum atomic E-state index is 14.1.